The minimum atomic E-state index is -0.0311. The van der Waals surface area contributed by atoms with E-state index < -0.39 is 0 Å². The molecule has 0 aromatic heterocycles. The number of carbonyl (C=O) groups excluding carboxylic acids is 2. The van der Waals surface area contributed by atoms with Gasteiger partial charge in [-0.2, -0.15) is 0 Å². The monoisotopic (exact) mass is 440 g/mol. The van der Waals surface area contributed by atoms with E-state index in [-0.39, 0.29) is 24.3 Å². The summed E-state index contributed by atoms with van der Waals surface area (Å²) in [6.45, 7) is 3.87. The van der Waals surface area contributed by atoms with Gasteiger partial charge in [-0.1, -0.05) is 18.2 Å². The number of nitrogens with zero attached hydrogens (tertiary/aromatic N) is 1. The number of piperidine rings is 1. The van der Waals surface area contributed by atoms with Gasteiger partial charge in [-0.25, -0.2) is 0 Å². The van der Waals surface area contributed by atoms with Gasteiger partial charge in [0.05, 0.1) is 33.7 Å². The van der Waals surface area contributed by atoms with Crippen molar-refractivity contribution in [2.24, 2.45) is 0 Å². The summed E-state index contributed by atoms with van der Waals surface area (Å²) in [5.74, 6) is 2.14. The molecule has 0 spiro atoms. The molecular weight excluding hydrogens is 408 g/mol. The zero-order valence-electron chi connectivity index (χ0n) is 19.1. The molecule has 2 aromatic carbocycles. The molecule has 172 valence electrons. The van der Waals surface area contributed by atoms with Gasteiger partial charge in [0.2, 0.25) is 11.8 Å². The third kappa shape index (κ3) is 6.39. The molecule has 0 bridgehead atoms. The second kappa shape index (κ2) is 11.4. The first kappa shape index (κ1) is 23.4. The highest BCUT2D eigenvalue weighted by Crippen LogP contribution is 2.27. The summed E-state index contributed by atoms with van der Waals surface area (Å²) in [5.41, 5.74) is 1.84. The van der Waals surface area contributed by atoms with E-state index in [0.717, 1.165) is 29.7 Å². The fourth-order valence-electron chi connectivity index (χ4n) is 3.88. The molecular formula is C25H32N2O5. The van der Waals surface area contributed by atoms with Crippen LogP contribution in [-0.4, -0.2) is 56.7 Å². The van der Waals surface area contributed by atoms with Gasteiger partial charge >= 0.3 is 0 Å². The molecule has 1 aliphatic heterocycles. The fraction of sp³-hybridized carbons (Fsp3) is 0.440. The lowest BCUT2D eigenvalue weighted by Crippen LogP contribution is -2.47. The summed E-state index contributed by atoms with van der Waals surface area (Å²) in [7, 11) is 3.16. The normalized spacial score (nSPS) is 14.0. The Morgan fingerprint density at radius 3 is 2.22 bits per heavy atom. The molecule has 1 aliphatic rings. The second-order valence-electron chi connectivity index (χ2n) is 7.84. The number of methoxy groups -OCH3 is 2. The van der Waals surface area contributed by atoms with Crippen LogP contribution in [0.5, 0.6) is 17.2 Å². The molecule has 1 N–H and O–H groups in total. The van der Waals surface area contributed by atoms with Crippen LogP contribution in [0.2, 0.25) is 0 Å². The van der Waals surface area contributed by atoms with E-state index in [1.165, 1.54) is 0 Å². The highest BCUT2D eigenvalue weighted by atomic mass is 16.5. The number of benzene rings is 2. The van der Waals surface area contributed by atoms with Crippen molar-refractivity contribution in [2.75, 3.05) is 33.9 Å². The van der Waals surface area contributed by atoms with Crippen molar-refractivity contribution in [3.8, 4) is 17.2 Å². The van der Waals surface area contributed by atoms with E-state index in [4.69, 9.17) is 14.2 Å². The number of likely N-dealkylation sites (tertiary alicyclic amines) is 1. The van der Waals surface area contributed by atoms with Crippen LogP contribution in [0.25, 0.3) is 0 Å². The quantitative estimate of drug-likeness (QED) is 0.649. The van der Waals surface area contributed by atoms with Crippen LogP contribution < -0.4 is 19.5 Å². The molecule has 2 amide bonds. The van der Waals surface area contributed by atoms with Crippen molar-refractivity contribution in [2.45, 2.75) is 38.6 Å². The third-order valence-electron chi connectivity index (χ3n) is 5.62. The molecule has 0 aliphatic carbocycles. The largest absolute Gasteiger partial charge is 0.494 e. The summed E-state index contributed by atoms with van der Waals surface area (Å²) >= 11 is 0. The van der Waals surface area contributed by atoms with Crippen molar-refractivity contribution in [1.29, 1.82) is 0 Å². The fourth-order valence-corrected chi connectivity index (χ4v) is 3.88. The van der Waals surface area contributed by atoms with Gasteiger partial charge in [0.25, 0.3) is 0 Å². The molecule has 3 rings (SSSR count). The Bertz CT molecular complexity index is 905. The average Bonchev–Trinajstić information content (AvgIpc) is 2.80. The van der Waals surface area contributed by atoms with Gasteiger partial charge < -0.3 is 24.4 Å². The first-order chi connectivity index (χ1) is 15.5. The Kier molecular flexibility index (Phi) is 8.36. The van der Waals surface area contributed by atoms with Crippen LogP contribution in [0.15, 0.2) is 42.5 Å². The molecule has 0 unspecified atom stereocenters. The third-order valence-corrected chi connectivity index (χ3v) is 5.62. The van der Waals surface area contributed by atoms with Crippen LogP contribution in [0, 0.1) is 0 Å². The highest BCUT2D eigenvalue weighted by molar-refractivity contribution is 5.80. The second-order valence-corrected chi connectivity index (χ2v) is 7.84. The van der Waals surface area contributed by atoms with Crippen molar-refractivity contribution >= 4 is 11.8 Å². The SMILES string of the molecule is CCOc1ccc(CC(=O)N2CCC(NC(=O)Cc3ccc(OC)c(OC)c3)CC2)cc1. The van der Waals surface area contributed by atoms with Crippen LogP contribution in [0.1, 0.15) is 30.9 Å². The van der Waals surface area contributed by atoms with E-state index in [1.807, 2.05) is 48.2 Å². The maximum atomic E-state index is 12.6. The summed E-state index contributed by atoms with van der Waals surface area (Å²) in [6.07, 6.45) is 2.17. The van der Waals surface area contributed by atoms with Gasteiger partial charge in [0, 0.05) is 19.1 Å². The van der Waals surface area contributed by atoms with E-state index in [2.05, 4.69) is 5.32 Å². The van der Waals surface area contributed by atoms with Gasteiger partial charge in [-0.15, -0.1) is 0 Å². The Morgan fingerprint density at radius 2 is 1.59 bits per heavy atom. The van der Waals surface area contributed by atoms with Crippen LogP contribution >= 0.6 is 0 Å². The molecule has 7 heteroatoms. The van der Waals surface area contributed by atoms with Crippen LogP contribution in [-0.2, 0) is 22.4 Å². The molecule has 0 atom stereocenters. The number of amides is 2. The molecule has 0 radical (unpaired) electrons. The van der Waals surface area contributed by atoms with Crippen molar-refractivity contribution in [1.82, 2.24) is 10.2 Å². The van der Waals surface area contributed by atoms with Crippen LogP contribution in [0.4, 0.5) is 0 Å². The molecule has 1 heterocycles. The van der Waals surface area contributed by atoms with E-state index in [9.17, 15) is 9.59 Å². The Balaban J connectivity index is 1.44. The smallest absolute Gasteiger partial charge is 0.226 e. The maximum Gasteiger partial charge on any atom is 0.226 e. The Morgan fingerprint density at radius 1 is 0.938 bits per heavy atom. The number of hydrogen-bond donors (Lipinski definition) is 1. The lowest BCUT2D eigenvalue weighted by molar-refractivity contribution is -0.131. The first-order valence-corrected chi connectivity index (χ1v) is 11.0. The predicted molar refractivity (Wildman–Crippen MR) is 122 cm³/mol. The number of ether oxygens (including phenoxy) is 3. The van der Waals surface area contributed by atoms with Crippen LogP contribution in [0.3, 0.4) is 0 Å². The summed E-state index contributed by atoms with van der Waals surface area (Å²) in [6, 6.07) is 13.2. The van der Waals surface area contributed by atoms with Gasteiger partial charge in [-0.3, -0.25) is 9.59 Å². The van der Waals surface area contributed by atoms with Crippen molar-refractivity contribution < 1.29 is 23.8 Å². The highest BCUT2D eigenvalue weighted by Gasteiger charge is 2.24. The zero-order valence-corrected chi connectivity index (χ0v) is 19.1. The molecule has 2 aromatic rings. The Hall–Kier alpha value is -3.22. The number of carbonyl (C=O) groups is 2. The average molecular weight is 441 g/mol. The molecule has 32 heavy (non-hydrogen) atoms. The van der Waals surface area contributed by atoms with Gasteiger partial charge in [-0.05, 0) is 55.2 Å². The minimum Gasteiger partial charge on any atom is -0.494 e. The Labute approximate surface area is 189 Å². The lowest BCUT2D eigenvalue weighted by Gasteiger charge is -2.32. The maximum absolute atomic E-state index is 12.6. The number of hydrogen-bond acceptors (Lipinski definition) is 5. The van der Waals surface area contributed by atoms with Crippen molar-refractivity contribution in [3.63, 3.8) is 0 Å². The van der Waals surface area contributed by atoms with E-state index in [1.54, 1.807) is 20.3 Å². The first-order valence-electron chi connectivity index (χ1n) is 11.0. The molecule has 1 saturated heterocycles. The van der Waals surface area contributed by atoms with E-state index >= 15 is 0 Å². The van der Waals surface area contributed by atoms with E-state index in [0.29, 0.717) is 37.6 Å². The molecule has 7 nitrogen and oxygen atoms in total. The summed E-state index contributed by atoms with van der Waals surface area (Å²) in [5, 5.41) is 3.10. The number of rotatable bonds is 9. The van der Waals surface area contributed by atoms with Gasteiger partial charge in [0.1, 0.15) is 5.75 Å². The molecule has 0 saturated carbocycles. The van der Waals surface area contributed by atoms with Gasteiger partial charge in [0.15, 0.2) is 11.5 Å². The summed E-state index contributed by atoms with van der Waals surface area (Å²) < 4.78 is 16.0. The summed E-state index contributed by atoms with van der Waals surface area (Å²) in [4.78, 5) is 27.0. The topological polar surface area (TPSA) is 77.1 Å². The molecule has 1 fully saturated rings. The van der Waals surface area contributed by atoms with Crippen molar-refractivity contribution in [3.05, 3.63) is 53.6 Å². The number of nitrogens with one attached hydrogen (secondary N) is 1. The predicted octanol–water partition coefficient (Wildman–Crippen LogP) is 2.99. The zero-order chi connectivity index (χ0) is 22.9. The lowest BCUT2D eigenvalue weighted by atomic mass is 10.0. The standard InChI is InChI=1S/C25H32N2O5/c1-4-32-21-8-5-18(6-9-21)17-25(29)27-13-11-20(12-14-27)26-24(28)16-19-7-10-22(30-2)23(15-19)31-3/h5-10,15,20H,4,11-14,16-17H2,1-3H3,(H,26,28). The minimum absolute atomic E-state index is 0.0311.